The number of anilines is 1. The van der Waals surface area contributed by atoms with Crippen LogP contribution in [-0.2, 0) is 0 Å². The minimum Gasteiger partial charge on any atom is -0.399 e. The van der Waals surface area contributed by atoms with Crippen LogP contribution in [0.4, 0.5) is 11.4 Å². The zero-order chi connectivity index (χ0) is 17.5. The molecular weight excluding hydrogens is 310 g/mol. The third-order valence-electron chi connectivity index (χ3n) is 3.50. The zero-order valence-corrected chi connectivity index (χ0v) is 13.6. The molecule has 5 N–H and O–H groups in total. The highest BCUT2D eigenvalue weighted by Crippen LogP contribution is 2.14. The standard InChI is InChI=1S/C20H19N5/c21-17-11-7-10-16(14-17)19(15-8-3-1-4-9-15)24-25-20(22)23-18-12-5-2-6-13-18/h1-14H,21H2,(H3,22,23,25)/b24-19+. The van der Waals surface area contributed by atoms with Gasteiger partial charge < -0.3 is 11.5 Å². The zero-order valence-electron chi connectivity index (χ0n) is 13.6. The summed E-state index contributed by atoms with van der Waals surface area (Å²) < 4.78 is 0. The lowest BCUT2D eigenvalue weighted by molar-refractivity contribution is 1.01. The fourth-order valence-electron chi connectivity index (χ4n) is 2.36. The van der Waals surface area contributed by atoms with Crippen molar-refractivity contribution in [1.82, 2.24) is 5.43 Å². The number of nitrogens with zero attached hydrogens (tertiary/aromatic N) is 2. The molecule has 0 saturated heterocycles. The number of nitrogens with two attached hydrogens (primary N) is 2. The minimum absolute atomic E-state index is 0.212. The van der Waals surface area contributed by atoms with Crippen LogP contribution < -0.4 is 16.9 Å². The molecule has 0 aromatic heterocycles. The number of nitrogens with one attached hydrogen (secondary N) is 1. The van der Waals surface area contributed by atoms with Crippen LogP contribution in [0.2, 0.25) is 0 Å². The summed E-state index contributed by atoms with van der Waals surface area (Å²) in [5.41, 5.74) is 18.7. The van der Waals surface area contributed by atoms with Crippen LogP contribution in [0.5, 0.6) is 0 Å². The Morgan fingerprint density at radius 2 is 1.40 bits per heavy atom. The van der Waals surface area contributed by atoms with Crippen molar-refractivity contribution in [2.75, 3.05) is 5.73 Å². The van der Waals surface area contributed by atoms with Crippen LogP contribution in [0, 0.1) is 0 Å². The molecule has 0 unspecified atom stereocenters. The van der Waals surface area contributed by atoms with Crippen molar-refractivity contribution >= 4 is 23.0 Å². The number of rotatable bonds is 4. The molecule has 0 spiro atoms. The van der Waals surface area contributed by atoms with Crippen molar-refractivity contribution in [2.24, 2.45) is 15.8 Å². The lowest BCUT2D eigenvalue weighted by Crippen LogP contribution is -2.28. The third-order valence-corrected chi connectivity index (χ3v) is 3.50. The highest BCUT2D eigenvalue weighted by molar-refractivity contribution is 6.13. The second-order valence-electron chi connectivity index (χ2n) is 5.40. The Balaban J connectivity index is 1.92. The number of guanidine groups is 1. The smallest absolute Gasteiger partial charge is 0.214 e. The Hall–Kier alpha value is -3.60. The van der Waals surface area contributed by atoms with E-state index in [0.717, 1.165) is 22.5 Å². The number of hydrogen-bond acceptors (Lipinski definition) is 3. The minimum atomic E-state index is 0.212. The van der Waals surface area contributed by atoms with Gasteiger partial charge in [0.1, 0.15) is 0 Å². The maximum Gasteiger partial charge on any atom is 0.214 e. The molecule has 0 amide bonds. The molecule has 5 heteroatoms. The van der Waals surface area contributed by atoms with Gasteiger partial charge in [0, 0.05) is 16.8 Å². The number of para-hydroxylation sites is 1. The molecule has 3 aromatic rings. The molecule has 0 aliphatic carbocycles. The van der Waals surface area contributed by atoms with Gasteiger partial charge in [-0.2, -0.15) is 5.10 Å². The van der Waals surface area contributed by atoms with E-state index in [0.29, 0.717) is 5.69 Å². The van der Waals surface area contributed by atoms with Gasteiger partial charge in [0.15, 0.2) is 0 Å². The first-order valence-electron chi connectivity index (χ1n) is 7.86. The SMILES string of the molecule is NC(=Nc1ccccc1)N/N=C(\c1ccccc1)c1cccc(N)c1. The fourth-order valence-corrected chi connectivity index (χ4v) is 2.36. The average molecular weight is 329 g/mol. The van der Waals surface area contributed by atoms with Crippen LogP contribution in [-0.4, -0.2) is 11.7 Å². The number of hydrogen-bond donors (Lipinski definition) is 3. The highest BCUT2D eigenvalue weighted by atomic mass is 15.4. The quantitative estimate of drug-likeness (QED) is 0.297. The van der Waals surface area contributed by atoms with Crippen molar-refractivity contribution in [3.8, 4) is 0 Å². The van der Waals surface area contributed by atoms with Crippen molar-refractivity contribution < 1.29 is 0 Å². The van der Waals surface area contributed by atoms with Gasteiger partial charge in [0.25, 0.3) is 0 Å². The van der Waals surface area contributed by atoms with E-state index in [1.54, 1.807) is 0 Å². The summed E-state index contributed by atoms with van der Waals surface area (Å²) in [5, 5.41) is 4.46. The molecule has 3 aromatic carbocycles. The molecule has 0 radical (unpaired) electrons. The van der Waals surface area contributed by atoms with E-state index >= 15 is 0 Å². The maximum absolute atomic E-state index is 5.95. The topological polar surface area (TPSA) is 88.8 Å². The van der Waals surface area contributed by atoms with E-state index in [-0.39, 0.29) is 5.96 Å². The summed E-state index contributed by atoms with van der Waals surface area (Å²) in [4.78, 5) is 4.29. The van der Waals surface area contributed by atoms with Crippen molar-refractivity contribution in [1.29, 1.82) is 0 Å². The Labute approximate surface area is 146 Å². The summed E-state index contributed by atoms with van der Waals surface area (Å²) in [5.74, 6) is 0.212. The summed E-state index contributed by atoms with van der Waals surface area (Å²) in [6, 6.07) is 26.9. The van der Waals surface area contributed by atoms with Crippen LogP contribution in [0.15, 0.2) is 95.0 Å². The van der Waals surface area contributed by atoms with Gasteiger partial charge in [-0.3, -0.25) is 0 Å². The van der Waals surface area contributed by atoms with Crippen molar-refractivity contribution in [2.45, 2.75) is 0 Å². The number of nitrogen functional groups attached to an aromatic ring is 1. The van der Waals surface area contributed by atoms with E-state index < -0.39 is 0 Å². The van der Waals surface area contributed by atoms with Gasteiger partial charge in [-0.15, -0.1) is 0 Å². The van der Waals surface area contributed by atoms with Crippen LogP contribution in [0.25, 0.3) is 0 Å². The second kappa shape index (κ2) is 7.79. The molecule has 0 saturated carbocycles. The van der Waals surface area contributed by atoms with E-state index in [1.165, 1.54) is 0 Å². The van der Waals surface area contributed by atoms with Crippen molar-refractivity contribution in [3.63, 3.8) is 0 Å². The molecule has 0 bridgehead atoms. The van der Waals surface area contributed by atoms with E-state index in [4.69, 9.17) is 11.5 Å². The third kappa shape index (κ3) is 4.45. The summed E-state index contributed by atoms with van der Waals surface area (Å²) in [6.45, 7) is 0. The first-order chi connectivity index (χ1) is 12.2. The first kappa shape index (κ1) is 16.3. The molecular formula is C20H19N5. The van der Waals surface area contributed by atoms with Crippen LogP contribution in [0.3, 0.4) is 0 Å². The maximum atomic E-state index is 5.95. The lowest BCUT2D eigenvalue weighted by Gasteiger charge is -2.09. The average Bonchev–Trinajstić information content (AvgIpc) is 2.64. The fraction of sp³-hybridized carbons (Fsp3) is 0. The van der Waals surface area contributed by atoms with Gasteiger partial charge in [0.2, 0.25) is 5.96 Å². The predicted octanol–water partition coefficient (Wildman–Crippen LogP) is 3.26. The Morgan fingerprint density at radius 3 is 2.08 bits per heavy atom. The van der Waals surface area contributed by atoms with Gasteiger partial charge in [-0.25, -0.2) is 10.4 Å². The van der Waals surface area contributed by atoms with Crippen LogP contribution >= 0.6 is 0 Å². The van der Waals surface area contributed by atoms with Crippen molar-refractivity contribution in [3.05, 3.63) is 96.1 Å². The van der Waals surface area contributed by atoms with E-state index in [1.807, 2.05) is 84.9 Å². The summed E-state index contributed by atoms with van der Waals surface area (Å²) in [6.07, 6.45) is 0. The number of hydrazone groups is 1. The lowest BCUT2D eigenvalue weighted by atomic mass is 10.0. The molecule has 0 aliphatic rings. The normalized spacial score (nSPS) is 12.0. The summed E-state index contributed by atoms with van der Waals surface area (Å²) >= 11 is 0. The molecule has 0 heterocycles. The van der Waals surface area contributed by atoms with Gasteiger partial charge in [-0.05, 0) is 24.3 Å². The molecule has 5 nitrogen and oxygen atoms in total. The van der Waals surface area contributed by atoms with Gasteiger partial charge in [0.05, 0.1) is 11.4 Å². The largest absolute Gasteiger partial charge is 0.399 e. The van der Waals surface area contributed by atoms with Gasteiger partial charge >= 0.3 is 0 Å². The molecule has 124 valence electrons. The van der Waals surface area contributed by atoms with Gasteiger partial charge in [-0.1, -0.05) is 60.7 Å². The second-order valence-corrected chi connectivity index (χ2v) is 5.40. The summed E-state index contributed by atoms with van der Waals surface area (Å²) in [7, 11) is 0. The highest BCUT2D eigenvalue weighted by Gasteiger charge is 2.07. The molecule has 0 aliphatic heterocycles. The van der Waals surface area contributed by atoms with E-state index in [2.05, 4.69) is 15.5 Å². The molecule has 25 heavy (non-hydrogen) atoms. The monoisotopic (exact) mass is 329 g/mol. The predicted molar refractivity (Wildman–Crippen MR) is 104 cm³/mol. The molecule has 0 atom stereocenters. The number of aliphatic imine (C=N–C) groups is 1. The van der Waals surface area contributed by atoms with Crippen LogP contribution in [0.1, 0.15) is 11.1 Å². The molecule has 3 rings (SSSR count). The molecule has 0 fully saturated rings. The number of benzene rings is 3. The first-order valence-corrected chi connectivity index (χ1v) is 7.86. The Bertz CT molecular complexity index is 886. The Kier molecular flexibility index (Phi) is 5.07. The Morgan fingerprint density at radius 1 is 0.760 bits per heavy atom. The van der Waals surface area contributed by atoms with E-state index in [9.17, 15) is 0 Å².